The van der Waals surface area contributed by atoms with E-state index in [1.807, 2.05) is 18.2 Å². The van der Waals surface area contributed by atoms with Crippen molar-refractivity contribution in [2.75, 3.05) is 14.2 Å². The summed E-state index contributed by atoms with van der Waals surface area (Å²) in [4.78, 5) is 33.6. The van der Waals surface area contributed by atoms with Crippen molar-refractivity contribution < 1.29 is 14.3 Å². The molecule has 0 bridgehead atoms. The van der Waals surface area contributed by atoms with Crippen molar-refractivity contribution in [2.24, 2.45) is 0 Å². The van der Waals surface area contributed by atoms with E-state index < -0.39 is 5.56 Å². The summed E-state index contributed by atoms with van der Waals surface area (Å²) in [6.45, 7) is 0. The van der Waals surface area contributed by atoms with E-state index in [0.717, 1.165) is 0 Å². The minimum absolute atomic E-state index is 0.0503. The van der Waals surface area contributed by atoms with Crippen LogP contribution in [-0.2, 0) is 0 Å². The van der Waals surface area contributed by atoms with Gasteiger partial charge in [0.05, 0.1) is 30.8 Å². The molecule has 3 aromatic carbocycles. The summed E-state index contributed by atoms with van der Waals surface area (Å²) in [5.41, 5.74) is 2.08. The number of carbonyl (C=O) groups is 1. The molecule has 0 spiro atoms. The number of aromatic nitrogens is 2. The highest BCUT2D eigenvalue weighted by atomic mass is 16.5. The first kappa shape index (κ1) is 20.1. The van der Waals surface area contributed by atoms with Crippen LogP contribution in [0.2, 0.25) is 0 Å². The minimum atomic E-state index is -0.441. The maximum atomic E-state index is 13.4. The Morgan fingerprint density at radius 3 is 2.23 bits per heavy atom. The van der Waals surface area contributed by atoms with Crippen LogP contribution in [0, 0.1) is 0 Å². The minimum Gasteiger partial charge on any atom is -0.497 e. The number of methoxy groups -OCH3 is 2. The number of fused-ring (bicyclic) bond motifs is 1. The number of carbonyl (C=O) groups excluding carboxylic acids is 1. The third-order valence-corrected chi connectivity index (χ3v) is 4.82. The van der Waals surface area contributed by atoms with Gasteiger partial charge in [-0.3, -0.25) is 9.59 Å². The van der Waals surface area contributed by atoms with Crippen molar-refractivity contribution in [3.63, 3.8) is 0 Å². The molecule has 0 atom stereocenters. The fourth-order valence-electron chi connectivity index (χ4n) is 3.28. The summed E-state index contributed by atoms with van der Waals surface area (Å²) in [5.74, 6) is 0.825. The molecule has 0 saturated carbocycles. The molecule has 31 heavy (non-hydrogen) atoms. The predicted octanol–water partition coefficient (Wildman–Crippen LogP) is 4.36. The van der Waals surface area contributed by atoms with Gasteiger partial charge in [0.1, 0.15) is 17.2 Å². The van der Waals surface area contributed by atoms with Gasteiger partial charge in [-0.05, 0) is 35.9 Å². The van der Waals surface area contributed by atoms with E-state index in [4.69, 9.17) is 9.47 Å². The topological polar surface area (TPSA) is 81.3 Å². The Balaban J connectivity index is 1.95. The number of hydrogen-bond donors (Lipinski definition) is 1. The number of aromatic amines is 1. The molecule has 0 radical (unpaired) electrons. The molecule has 4 rings (SSSR count). The summed E-state index contributed by atoms with van der Waals surface area (Å²) in [7, 11) is 3.10. The Morgan fingerprint density at radius 1 is 0.903 bits per heavy atom. The monoisotopic (exact) mass is 412 g/mol. The second kappa shape index (κ2) is 8.67. The molecule has 0 aliphatic carbocycles. The SMILES string of the molecule is COc1cc(/C=C(/C(=O)c2ccccc2)c2nc3ccccc3[nH]c2=O)cc(OC)c1. The molecule has 6 heteroatoms. The highest BCUT2D eigenvalue weighted by Gasteiger charge is 2.20. The highest BCUT2D eigenvalue weighted by molar-refractivity contribution is 6.32. The molecule has 1 heterocycles. The predicted molar refractivity (Wildman–Crippen MR) is 121 cm³/mol. The van der Waals surface area contributed by atoms with Gasteiger partial charge in [0.25, 0.3) is 5.56 Å². The second-order valence-corrected chi connectivity index (χ2v) is 6.83. The Hall–Kier alpha value is -4.19. The lowest BCUT2D eigenvalue weighted by Gasteiger charge is -2.10. The van der Waals surface area contributed by atoms with Gasteiger partial charge in [0.2, 0.25) is 0 Å². The molecule has 154 valence electrons. The van der Waals surface area contributed by atoms with Crippen LogP contribution in [0.1, 0.15) is 21.6 Å². The van der Waals surface area contributed by atoms with E-state index in [0.29, 0.717) is 33.7 Å². The van der Waals surface area contributed by atoms with Crippen LogP contribution in [0.25, 0.3) is 22.7 Å². The molecule has 1 N–H and O–H groups in total. The third kappa shape index (κ3) is 4.23. The smallest absolute Gasteiger partial charge is 0.275 e. The van der Waals surface area contributed by atoms with Crippen LogP contribution in [-0.4, -0.2) is 30.0 Å². The summed E-state index contributed by atoms with van der Waals surface area (Å²) in [6.07, 6.45) is 1.63. The van der Waals surface area contributed by atoms with Crippen molar-refractivity contribution >= 4 is 28.5 Å². The van der Waals surface area contributed by atoms with E-state index in [-0.39, 0.29) is 17.1 Å². The first-order valence-electron chi connectivity index (χ1n) is 9.63. The Kier molecular flexibility index (Phi) is 5.62. The van der Waals surface area contributed by atoms with Crippen LogP contribution in [0.15, 0.2) is 77.6 Å². The number of allylic oxidation sites excluding steroid dienone is 1. The molecular formula is C25H20N2O4. The zero-order valence-corrected chi connectivity index (χ0v) is 17.1. The number of ketones is 1. The zero-order valence-electron chi connectivity index (χ0n) is 17.1. The molecule has 0 unspecified atom stereocenters. The van der Waals surface area contributed by atoms with Gasteiger partial charge >= 0.3 is 0 Å². The lowest BCUT2D eigenvalue weighted by Crippen LogP contribution is -2.18. The van der Waals surface area contributed by atoms with Crippen molar-refractivity contribution in [2.45, 2.75) is 0 Å². The summed E-state index contributed by atoms with van der Waals surface area (Å²) < 4.78 is 10.7. The number of rotatable bonds is 6. The molecule has 0 saturated heterocycles. The molecule has 0 amide bonds. The van der Waals surface area contributed by atoms with Gasteiger partial charge in [-0.2, -0.15) is 0 Å². The summed E-state index contributed by atoms with van der Waals surface area (Å²) >= 11 is 0. The van der Waals surface area contributed by atoms with Crippen molar-refractivity contribution in [1.82, 2.24) is 9.97 Å². The maximum absolute atomic E-state index is 13.4. The van der Waals surface area contributed by atoms with Gasteiger partial charge < -0.3 is 14.5 Å². The number of ether oxygens (including phenoxy) is 2. The first-order valence-corrected chi connectivity index (χ1v) is 9.63. The van der Waals surface area contributed by atoms with Crippen LogP contribution in [0.3, 0.4) is 0 Å². The standard InChI is InChI=1S/C25H20N2O4/c1-30-18-12-16(13-19(15-18)31-2)14-20(24(28)17-8-4-3-5-9-17)23-25(29)27-22-11-7-6-10-21(22)26-23/h3-15H,1-2H3,(H,27,29)/b20-14+. The molecule has 6 nitrogen and oxygen atoms in total. The summed E-state index contributed by atoms with van der Waals surface area (Å²) in [6, 6.07) is 21.2. The van der Waals surface area contributed by atoms with Gasteiger partial charge in [-0.25, -0.2) is 4.98 Å². The molecular weight excluding hydrogens is 392 g/mol. The van der Waals surface area contributed by atoms with Gasteiger partial charge in [0, 0.05) is 11.6 Å². The van der Waals surface area contributed by atoms with Crippen LogP contribution in [0.4, 0.5) is 0 Å². The fourth-order valence-corrected chi connectivity index (χ4v) is 3.28. The number of benzene rings is 3. The number of hydrogen-bond acceptors (Lipinski definition) is 5. The van der Waals surface area contributed by atoms with Crippen molar-refractivity contribution in [3.8, 4) is 11.5 Å². The van der Waals surface area contributed by atoms with E-state index in [1.54, 1.807) is 74.9 Å². The normalized spacial score (nSPS) is 11.4. The van der Waals surface area contributed by atoms with Crippen LogP contribution < -0.4 is 15.0 Å². The molecule has 1 aromatic heterocycles. The third-order valence-electron chi connectivity index (χ3n) is 4.82. The van der Waals surface area contributed by atoms with Crippen LogP contribution >= 0.6 is 0 Å². The number of para-hydroxylation sites is 2. The Morgan fingerprint density at radius 2 is 1.55 bits per heavy atom. The van der Waals surface area contributed by atoms with E-state index in [2.05, 4.69) is 9.97 Å². The average molecular weight is 412 g/mol. The lowest BCUT2D eigenvalue weighted by atomic mass is 9.98. The molecule has 0 aliphatic heterocycles. The van der Waals surface area contributed by atoms with Gasteiger partial charge in [-0.1, -0.05) is 42.5 Å². The first-order chi connectivity index (χ1) is 15.1. The van der Waals surface area contributed by atoms with Gasteiger partial charge in [0.15, 0.2) is 5.78 Å². The number of H-pyrrole nitrogens is 1. The molecule has 0 aliphatic rings. The zero-order chi connectivity index (χ0) is 21.8. The number of Topliss-reactive ketones (excluding diaryl/α,β-unsaturated/α-hetero) is 1. The average Bonchev–Trinajstić information content (AvgIpc) is 2.82. The van der Waals surface area contributed by atoms with Crippen LogP contribution in [0.5, 0.6) is 11.5 Å². The number of nitrogens with zero attached hydrogens (tertiary/aromatic N) is 1. The van der Waals surface area contributed by atoms with E-state index in [1.165, 1.54) is 0 Å². The largest absolute Gasteiger partial charge is 0.497 e. The fraction of sp³-hybridized carbons (Fsp3) is 0.0800. The molecule has 4 aromatic rings. The van der Waals surface area contributed by atoms with Gasteiger partial charge in [-0.15, -0.1) is 0 Å². The molecule has 0 fully saturated rings. The Labute approximate surface area is 178 Å². The summed E-state index contributed by atoms with van der Waals surface area (Å²) in [5, 5.41) is 0. The number of nitrogens with one attached hydrogen (secondary N) is 1. The highest BCUT2D eigenvalue weighted by Crippen LogP contribution is 2.27. The lowest BCUT2D eigenvalue weighted by molar-refractivity contribution is 0.105. The maximum Gasteiger partial charge on any atom is 0.275 e. The van der Waals surface area contributed by atoms with Crippen molar-refractivity contribution in [1.29, 1.82) is 0 Å². The quantitative estimate of drug-likeness (QED) is 0.376. The Bertz CT molecular complexity index is 1320. The second-order valence-electron chi connectivity index (χ2n) is 6.83. The van der Waals surface area contributed by atoms with E-state index in [9.17, 15) is 9.59 Å². The van der Waals surface area contributed by atoms with E-state index >= 15 is 0 Å². The van der Waals surface area contributed by atoms with Crippen molar-refractivity contribution in [3.05, 3.63) is 100.0 Å².